The van der Waals surface area contributed by atoms with Crippen molar-refractivity contribution in [2.45, 2.75) is 32.4 Å². The maximum absolute atomic E-state index is 12.9. The molecule has 1 heterocycles. The summed E-state index contributed by atoms with van der Waals surface area (Å²) in [5, 5.41) is 0. The van der Waals surface area contributed by atoms with Crippen LogP contribution in [0.15, 0.2) is 65.3 Å². The van der Waals surface area contributed by atoms with Gasteiger partial charge in [-0.1, -0.05) is 42.5 Å². The molecule has 0 saturated carbocycles. The predicted molar refractivity (Wildman–Crippen MR) is 85.9 cm³/mol. The Balaban J connectivity index is 1.75. The third-order valence-electron chi connectivity index (χ3n) is 4.07. The van der Waals surface area contributed by atoms with Gasteiger partial charge in [0.15, 0.2) is 0 Å². The van der Waals surface area contributed by atoms with E-state index in [2.05, 4.69) is 24.3 Å². The minimum atomic E-state index is 0.101. The lowest BCUT2D eigenvalue weighted by molar-refractivity contribution is -0.137. The first-order chi connectivity index (χ1) is 10.8. The van der Waals surface area contributed by atoms with Crippen molar-refractivity contribution in [2.24, 2.45) is 5.92 Å². The standard InChI is InChI=1S/C19H21NO2/c21-19(17-10-5-2-6-11-17)20(15-18-12-7-13-22-18)14-16-8-3-1-4-9-16/h1-5,7-9,12-13,17H,6,10-11,14-15H2. The van der Waals surface area contributed by atoms with Gasteiger partial charge in [-0.2, -0.15) is 0 Å². The Hall–Kier alpha value is -2.29. The highest BCUT2D eigenvalue weighted by Gasteiger charge is 2.25. The van der Waals surface area contributed by atoms with Crippen molar-refractivity contribution in [1.29, 1.82) is 0 Å². The van der Waals surface area contributed by atoms with Gasteiger partial charge in [-0.05, 0) is 37.0 Å². The Labute approximate surface area is 131 Å². The number of carbonyl (C=O) groups is 1. The first-order valence-corrected chi connectivity index (χ1v) is 7.83. The highest BCUT2D eigenvalue weighted by molar-refractivity contribution is 5.79. The van der Waals surface area contributed by atoms with E-state index >= 15 is 0 Å². The first-order valence-electron chi connectivity index (χ1n) is 7.83. The van der Waals surface area contributed by atoms with Gasteiger partial charge in [0.2, 0.25) is 5.91 Å². The molecule has 0 saturated heterocycles. The van der Waals surface area contributed by atoms with Crippen molar-refractivity contribution in [3.05, 3.63) is 72.2 Å². The zero-order valence-electron chi connectivity index (χ0n) is 12.7. The highest BCUT2D eigenvalue weighted by Crippen LogP contribution is 2.23. The van der Waals surface area contributed by atoms with Crippen molar-refractivity contribution in [2.75, 3.05) is 0 Å². The molecular weight excluding hydrogens is 274 g/mol. The summed E-state index contributed by atoms with van der Waals surface area (Å²) in [6.07, 6.45) is 8.73. The van der Waals surface area contributed by atoms with Crippen LogP contribution in [0.4, 0.5) is 0 Å². The molecule has 1 unspecified atom stereocenters. The van der Waals surface area contributed by atoms with E-state index in [0.29, 0.717) is 13.1 Å². The van der Waals surface area contributed by atoms with Gasteiger partial charge in [-0.15, -0.1) is 0 Å². The smallest absolute Gasteiger partial charge is 0.226 e. The number of rotatable bonds is 5. The van der Waals surface area contributed by atoms with Crippen LogP contribution in [0.25, 0.3) is 0 Å². The Morgan fingerprint density at radius 2 is 1.95 bits per heavy atom. The second-order valence-electron chi connectivity index (χ2n) is 5.74. The van der Waals surface area contributed by atoms with Gasteiger partial charge in [-0.3, -0.25) is 4.79 Å². The lowest BCUT2D eigenvalue weighted by atomic mass is 9.93. The van der Waals surface area contributed by atoms with Gasteiger partial charge >= 0.3 is 0 Å². The minimum Gasteiger partial charge on any atom is -0.467 e. The molecule has 0 radical (unpaired) electrons. The number of furan rings is 1. The predicted octanol–water partition coefficient (Wildman–Crippen LogP) is 4.16. The number of carbonyl (C=O) groups excluding carboxylic acids is 1. The summed E-state index contributed by atoms with van der Waals surface area (Å²) in [4.78, 5) is 14.8. The average Bonchev–Trinajstić information content (AvgIpc) is 3.08. The Kier molecular flexibility index (Phi) is 4.74. The van der Waals surface area contributed by atoms with E-state index in [-0.39, 0.29) is 11.8 Å². The normalized spacial score (nSPS) is 17.4. The van der Waals surface area contributed by atoms with Crippen molar-refractivity contribution >= 4 is 5.91 Å². The molecule has 22 heavy (non-hydrogen) atoms. The number of amides is 1. The van der Waals surface area contributed by atoms with Crippen LogP contribution in [-0.2, 0) is 17.9 Å². The third kappa shape index (κ3) is 3.67. The molecule has 0 N–H and O–H groups in total. The molecular formula is C19H21NO2. The first kappa shape index (κ1) is 14.6. The van der Waals surface area contributed by atoms with Crippen molar-refractivity contribution in [3.8, 4) is 0 Å². The summed E-state index contributed by atoms with van der Waals surface area (Å²) in [7, 11) is 0. The fraction of sp³-hybridized carbons (Fsp3) is 0.316. The summed E-state index contributed by atoms with van der Waals surface area (Å²) >= 11 is 0. The zero-order chi connectivity index (χ0) is 15.2. The van der Waals surface area contributed by atoms with Crippen LogP contribution < -0.4 is 0 Å². The van der Waals surface area contributed by atoms with Gasteiger partial charge in [0.05, 0.1) is 12.8 Å². The van der Waals surface area contributed by atoms with Crippen LogP contribution in [0.5, 0.6) is 0 Å². The van der Waals surface area contributed by atoms with Crippen molar-refractivity contribution in [3.63, 3.8) is 0 Å². The lowest BCUT2D eigenvalue weighted by Crippen LogP contribution is -2.35. The van der Waals surface area contributed by atoms with Crippen LogP contribution in [0.2, 0.25) is 0 Å². The van der Waals surface area contributed by atoms with Crippen molar-refractivity contribution < 1.29 is 9.21 Å². The van der Waals surface area contributed by atoms with Crippen LogP contribution in [-0.4, -0.2) is 10.8 Å². The zero-order valence-corrected chi connectivity index (χ0v) is 12.7. The minimum absolute atomic E-state index is 0.101. The lowest BCUT2D eigenvalue weighted by Gasteiger charge is -2.27. The summed E-state index contributed by atoms with van der Waals surface area (Å²) in [5.74, 6) is 1.16. The molecule has 0 spiro atoms. The number of allylic oxidation sites excluding steroid dienone is 2. The number of hydrogen-bond donors (Lipinski definition) is 0. The summed E-state index contributed by atoms with van der Waals surface area (Å²) < 4.78 is 5.43. The molecule has 3 heteroatoms. The summed E-state index contributed by atoms with van der Waals surface area (Å²) in [5.41, 5.74) is 1.15. The van der Waals surface area contributed by atoms with E-state index in [9.17, 15) is 4.79 Å². The van der Waals surface area contributed by atoms with Crippen LogP contribution in [0, 0.1) is 5.92 Å². The summed E-state index contributed by atoms with van der Waals surface area (Å²) in [6, 6.07) is 13.9. The third-order valence-corrected chi connectivity index (χ3v) is 4.07. The van der Waals surface area contributed by atoms with E-state index < -0.39 is 0 Å². The van der Waals surface area contributed by atoms with Gasteiger partial charge in [-0.25, -0.2) is 0 Å². The second kappa shape index (κ2) is 7.12. The van der Waals surface area contributed by atoms with Gasteiger partial charge in [0, 0.05) is 12.5 Å². The Morgan fingerprint density at radius 3 is 2.64 bits per heavy atom. The fourth-order valence-corrected chi connectivity index (χ4v) is 2.88. The second-order valence-corrected chi connectivity index (χ2v) is 5.74. The molecule has 114 valence electrons. The van der Waals surface area contributed by atoms with Crippen molar-refractivity contribution in [1.82, 2.24) is 4.90 Å². The van der Waals surface area contributed by atoms with E-state index in [1.165, 1.54) is 0 Å². The van der Waals surface area contributed by atoms with Gasteiger partial charge in [0.1, 0.15) is 5.76 Å². The number of nitrogens with zero attached hydrogens (tertiary/aromatic N) is 1. The monoisotopic (exact) mass is 295 g/mol. The quantitative estimate of drug-likeness (QED) is 0.776. The fourth-order valence-electron chi connectivity index (χ4n) is 2.88. The molecule has 3 rings (SSSR count). The molecule has 1 aliphatic rings. The average molecular weight is 295 g/mol. The summed E-state index contributed by atoms with van der Waals surface area (Å²) in [6.45, 7) is 1.15. The molecule has 2 aromatic rings. The van der Waals surface area contributed by atoms with Gasteiger partial charge in [0.25, 0.3) is 0 Å². The molecule has 0 fully saturated rings. The maximum Gasteiger partial charge on any atom is 0.226 e. The highest BCUT2D eigenvalue weighted by atomic mass is 16.3. The largest absolute Gasteiger partial charge is 0.467 e. The molecule has 1 aliphatic carbocycles. The number of benzene rings is 1. The number of hydrogen-bond acceptors (Lipinski definition) is 2. The molecule has 1 aromatic carbocycles. The SMILES string of the molecule is O=C(C1CC=CCC1)N(Cc1ccccc1)Cc1ccco1. The molecule has 1 amide bonds. The molecule has 1 atom stereocenters. The Morgan fingerprint density at radius 1 is 1.09 bits per heavy atom. The molecule has 1 aromatic heterocycles. The van der Waals surface area contributed by atoms with Crippen LogP contribution in [0.1, 0.15) is 30.6 Å². The van der Waals surface area contributed by atoms with Gasteiger partial charge < -0.3 is 9.32 Å². The molecule has 0 bridgehead atoms. The van der Waals surface area contributed by atoms with E-state index in [1.54, 1.807) is 6.26 Å². The molecule has 0 aliphatic heterocycles. The van der Waals surface area contributed by atoms with E-state index in [1.807, 2.05) is 35.2 Å². The molecule has 3 nitrogen and oxygen atoms in total. The topological polar surface area (TPSA) is 33.5 Å². The van der Waals surface area contributed by atoms with E-state index in [4.69, 9.17) is 4.42 Å². The van der Waals surface area contributed by atoms with Crippen LogP contribution in [0.3, 0.4) is 0 Å². The Bertz CT molecular complexity index is 616. The maximum atomic E-state index is 12.9. The van der Waals surface area contributed by atoms with Crippen LogP contribution >= 0.6 is 0 Å². The van der Waals surface area contributed by atoms with E-state index in [0.717, 1.165) is 30.6 Å².